The summed E-state index contributed by atoms with van der Waals surface area (Å²) in [4.78, 5) is 13.6. The molecule has 0 N–H and O–H groups in total. The van der Waals surface area contributed by atoms with E-state index in [-0.39, 0.29) is 17.5 Å². The van der Waals surface area contributed by atoms with Crippen LogP contribution in [0.5, 0.6) is 0 Å². The fraction of sp³-hybridized carbons (Fsp3) is 0.964. The highest BCUT2D eigenvalue weighted by Crippen LogP contribution is 2.51. The van der Waals surface area contributed by atoms with Crippen molar-refractivity contribution in [2.45, 2.75) is 148 Å². The maximum Gasteiger partial charge on any atom is 0.312 e. The molecule has 0 aromatic carbocycles. The molecule has 0 aromatic rings. The second kappa shape index (κ2) is 12.5. The summed E-state index contributed by atoms with van der Waals surface area (Å²) in [5, 5.41) is 0. The summed E-state index contributed by atoms with van der Waals surface area (Å²) in [5.41, 5.74) is -0.133. The predicted molar refractivity (Wildman–Crippen MR) is 126 cm³/mol. The second-order valence-electron chi connectivity index (χ2n) is 11.1. The molecular formula is C28H50O2. The van der Waals surface area contributed by atoms with Crippen LogP contribution in [0, 0.1) is 23.2 Å². The Bertz CT molecular complexity index is 477. The van der Waals surface area contributed by atoms with E-state index in [1.807, 2.05) is 0 Å². The predicted octanol–water partition coefficient (Wildman–Crippen LogP) is 8.62. The Morgan fingerprint density at radius 2 is 1.30 bits per heavy atom. The number of hydrogen-bond acceptors (Lipinski definition) is 2. The Morgan fingerprint density at radius 3 is 1.90 bits per heavy atom. The van der Waals surface area contributed by atoms with Gasteiger partial charge in [0.1, 0.15) is 6.10 Å². The molecule has 2 heteroatoms. The van der Waals surface area contributed by atoms with Crippen LogP contribution in [0.3, 0.4) is 0 Å². The molecule has 0 heterocycles. The fourth-order valence-corrected chi connectivity index (χ4v) is 6.95. The maximum atomic E-state index is 13.6. The number of unbranched alkanes of at least 4 members (excludes halogenated alkanes) is 3. The third-order valence-electron chi connectivity index (χ3n) is 9.03. The van der Waals surface area contributed by atoms with Crippen molar-refractivity contribution >= 4 is 5.97 Å². The topological polar surface area (TPSA) is 26.3 Å². The van der Waals surface area contributed by atoms with Gasteiger partial charge in [0, 0.05) is 0 Å². The Balaban J connectivity index is 1.51. The molecule has 3 aliphatic carbocycles. The quantitative estimate of drug-likeness (QED) is 0.262. The zero-order chi connectivity index (χ0) is 21.2. The minimum atomic E-state index is -0.133. The molecule has 3 rings (SSSR count). The maximum absolute atomic E-state index is 13.6. The van der Waals surface area contributed by atoms with Gasteiger partial charge >= 0.3 is 5.97 Å². The molecule has 3 fully saturated rings. The smallest absolute Gasteiger partial charge is 0.312 e. The van der Waals surface area contributed by atoms with Gasteiger partial charge in [-0.2, -0.15) is 0 Å². The summed E-state index contributed by atoms with van der Waals surface area (Å²) in [5.74, 6) is 2.61. The van der Waals surface area contributed by atoms with E-state index < -0.39 is 0 Å². The number of ether oxygens (including phenoxy) is 1. The molecule has 174 valence electrons. The zero-order valence-electron chi connectivity index (χ0n) is 20.3. The van der Waals surface area contributed by atoms with Crippen LogP contribution in [0.25, 0.3) is 0 Å². The van der Waals surface area contributed by atoms with Crippen LogP contribution in [0.2, 0.25) is 0 Å². The van der Waals surface area contributed by atoms with Gasteiger partial charge in [-0.15, -0.1) is 0 Å². The Kier molecular flexibility index (Phi) is 10.0. The van der Waals surface area contributed by atoms with Gasteiger partial charge in [-0.25, -0.2) is 0 Å². The van der Waals surface area contributed by atoms with E-state index in [1.54, 1.807) is 0 Å². The zero-order valence-corrected chi connectivity index (χ0v) is 20.3. The van der Waals surface area contributed by atoms with Gasteiger partial charge in [-0.05, 0) is 69.1 Å². The van der Waals surface area contributed by atoms with Crippen molar-refractivity contribution in [1.82, 2.24) is 0 Å². The summed E-state index contributed by atoms with van der Waals surface area (Å²) in [6, 6.07) is 0. The molecule has 0 amide bonds. The summed E-state index contributed by atoms with van der Waals surface area (Å²) < 4.78 is 6.31. The molecule has 0 aromatic heterocycles. The van der Waals surface area contributed by atoms with Crippen molar-refractivity contribution in [3.05, 3.63) is 0 Å². The van der Waals surface area contributed by atoms with Crippen LogP contribution in [-0.2, 0) is 9.53 Å². The monoisotopic (exact) mass is 418 g/mol. The van der Waals surface area contributed by atoms with Gasteiger partial charge in [-0.3, -0.25) is 4.79 Å². The highest BCUT2D eigenvalue weighted by molar-refractivity contribution is 5.77. The highest BCUT2D eigenvalue weighted by atomic mass is 16.5. The summed E-state index contributed by atoms with van der Waals surface area (Å²) >= 11 is 0. The lowest BCUT2D eigenvalue weighted by Crippen LogP contribution is -2.44. The lowest BCUT2D eigenvalue weighted by Gasteiger charge is -2.45. The first kappa shape index (κ1) is 24.1. The molecule has 0 saturated heterocycles. The summed E-state index contributed by atoms with van der Waals surface area (Å²) in [6.07, 6.45) is 25.8. The van der Waals surface area contributed by atoms with Gasteiger partial charge in [0.15, 0.2) is 0 Å². The van der Waals surface area contributed by atoms with Crippen molar-refractivity contribution in [2.75, 3.05) is 0 Å². The number of rotatable bonds is 10. The van der Waals surface area contributed by atoms with Gasteiger partial charge in [0.05, 0.1) is 5.41 Å². The third kappa shape index (κ3) is 6.49. The molecule has 2 nitrogen and oxygen atoms in total. The second-order valence-corrected chi connectivity index (χ2v) is 11.1. The van der Waals surface area contributed by atoms with Crippen LogP contribution < -0.4 is 0 Å². The SMILES string of the molecule is CCCCCC1CCC(OC(=O)C2(C3CCC(CCCC)CC3)CCCCC2)CC1. The molecule has 0 unspecified atom stereocenters. The largest absolute Gasteiger partial charge is 0.462 e. The molecule has 0 aliphatic heterocycles. The van der Waals surface area contributed by atoms with Crippen LogP contribution >= 0.6 is 0 Å². The number of hydrogen-bond donors (Lipinski definition) is 0. The van der Waals surface area contributed by atoms with Gasteiger partial charge in [0.25, 0.3) is 0 Å². The minimum Gasteiger partial charge on any atom is -0.462 e. The van der Waals surface area contributed by atoms with E-state index in [1.165, 1.54) is 103 Å². The molecule has 0 spiro atoms. The van der Waals surface area contributed by atoms with Gasteiger partial charge < -0.3 is 4.74 Å². The normalized spacial score (nSPS) is 31.9. The van der Waals surface area contributed by atoms with E-state index in [4.69, 9.17) is 4.74 Å². The highest BCUT2D eigenvalue weighted by Gasteiger charge is 2.48. The molecule has 0 atom stereocenters. The Morgan fingerprint density at radius 1 is 0.733 bits per heavy atom. The average molecular weight is 419 g/mol. The molecule has 3 aliphatic rings. The number of carbonyl (C=O) groups excluding carboxylic acids is 1. The number of carbonyl (C=O) groups is 1. The van der Waals surface area contributed by atoms with Crippen LogP contribution in [0.15, 0.2) is 0 Å². The van der Waals surface area contributed by atoms with Gasteiger partial charge in [-0.1, -0.05) is 90.9 Å². The molecular weight excluding hydrogens is 368 g/mol. The van der Waals surface area contributed by atoms with E-state index in [2.05, 4.69) is 13.8 Å². The van der Waals surface area contributed by atoms with Crippen LogP contribution in [0.1, 0.15) is 142 Å². The third-order valence-corrected chi connectivity index (χ3v) is 9.03. The first-order valence-corrected chi connectivity index (χ1v) is 13.9. The van der Waals surface area contributed by atoms with Crippen molar-refractivity contribution in [3.8, 4) is 0 Å². The van der Waals surface area contributed by atoms with Crippen molar-refractivity contribution in [2.24, 2.45) is 23.2 Å². The first-order chi connectivity index (χ1) is 14.7. The lowest BCUT2D eigenvalue weighted by atomic mass is 9.60. The standard InChI is InChI=1S/C28H50O2/c1-3-5-8-12-24-15-19-26(20-16-24)30-27(29)28(21-9-7-10-22-28)25-17-13-23(14-18-25)11-6-4-2/h23-26H,3-22H2,1-2H3. The average Bonchev–Trinajstić information content (AvgIpc) is 2.80. The fourth-order valence-electron chi connectivity index (χ4n) is 6.95. The van der Waals surface area contributed by atoms with Crippen LogP contribution in [0.4, 0.5) is 0 Å². The van der Waals surface area contributed by atoms with E-state index >= 15 is 0 Å². The van der Waals surface area contributed by atoms with E-state index in [9.17, 15) is 4.79 Å². The summed E-state index contributed by atoms with van der Waals surface area (Å²) in [6.45, 7) is 4.59. The first-order valence-electron chi connectivity index (χ1n) is 13.9. The lowest BCUT2D eigenvalue weighted by molar-refractivity contribution is -0.171. The van der Waals surface area contributed by atoms with Crippen molar-refractivity contribution in [3.63, 3.8) is 0 Å². The molecule has 0 bridgehead atoms. The van der Waals surface area contributed by atoms with E-state index in [0.29, 0.717) is 5.92 Å². The van der Waals surface area contributed by atoms with Gasteiger partial charge in [0.2, 0.25) is 0 Å². The van der Waals surface area contributed by atoms with E-state index in [0.717, 1.165) is 37.5 Å². The summed E-state index contributed by atoms with van der Waals surface area (Å²) in [7, 11) is 0. The minimum absolute atomic E-state index is 0.133. The Labute approximate surface area is 187 Å². The molecule has 3 saturated carbocycles. The van der Waals surface area contributed by atoms with Crippen LogP contribution in [-0.4, -0.2) is 12.1 Å². The molecule has 30 heavy (non-hydrogen) atoms. The van der Waals surface area contributed by atoms with Crippen molar-refractivity contribution < 1.29 is 9.53 Å². The molecule has 0 radical (unpaired) electrons. The Hall–Kier alpha value is -0.530. The van der Waals surface area contributed by atoms with Crippen molar-refractivity contribution in [1.29, 1.82) is 0 Å². The number of esters is 1.